The van der Waals surface area contributed by atoms with Crippen molar-refractivity contribution in [1.29, 1.82) is 0 Å². The summed E-state index contributed by atoms with van der Waals surface area (Å²) in [6, 6.07) is 5.62. The van der Waals surface area contributed by atoms with Gasteiger partial charge < -0.3 is 0 Å². The Labute approximate surface area is 135 Å². The Hall–Kier alpha value is -1.09. The highest BCUT2D eigenvalue weighted by molar-refractivity contribution is 7.87. The Kier molecular flexibility index (Phi) is 4.19. The molecule has 22 heavy (non-hydrogen) atoms. The molecule has 120 valence electrons. The number of fused-ring (bicyclic) bond motifs is 1. The molecule has 0 bridgehead atoms. The molecule has 1 aromatic carbocycles. The van der Waals surface area contributed by atoms with E-state index in [0.29, 0.717) is 13.1 Å². The molecule has 1 saturated heterocycles. The number of benzene rings is 1. The number of hydrogen-bond donors (Lipinski definition) is 1. The zero-order valence-corrected chi connectivity index (χ0v) is 14.4. The van der Waals surface area contributed by atoms with Gasteiger partial charge in [0.05, 0.1) is 11.7 Å². The third-order valence-corrected chi connectivity index (χ3v) is 6.30. The average molecular weight is 340 g/mol. The molecule has 6 nitrogen and oxygen atoms in total. The summed E-state index contributed by atoms with van der Waals surface area (Å²) in [4.78, 5) is 0. The van der Waals surface area contributed by atoms with Gasteiger partial charge in [-0.15, -0.1) is 0 Å². The van der Waals surface area contributed by atoms with Crippen LogP contribution in [0.1, 0.15) is 32.3 Å². The highest BCUT2D eigenvalue weighted by Crippen LogP contribution is 2.30. The standard InChI is InChI=1S/C14H20N4O2S2/c1-14(2)5-7-18(8-6-14)22(19,20)15-10-11-3-4-12-13(9-11)17-21-16-12/h3-4,9,15H,5-8,10H2,1-2H3. The summed E-state index contributed by atoms with van der Waals surface area (Å²) >= 11 is 1.16. The summed E-state index contributed by atoms with van der Waals surface area (Å²) in [6.07, 6.45) is 1.79. The van der Waals surface area contributed by atoms with Crippen molar-refractivity contribution >= 4 is 33.0 Å². The number of hydrogen-bond acceptors (Lipinski definition) is 5. The predicted octanol–water partition coefficient (Wildman–Crippen LogP) is 2.15. The molecular formula is C14H20N4O2S2. The summed E-state index contributed by atoms with van der Waals surface area (Å²) in [6.45, 7) is 5.80. The van der Waals surface area contributed by atoms with Gasteiger partial charge in [-0.1, -0.05) is 19.9 Å². The number of aromatic nitrogens is 2. The maximum atomic E-state index is 12.4. The van der Waals surface area contributed by atoms with Crippen molar-refractivity contribution in [3.63, 3.8) is 0 Å². The lowest BCUT2D eigenvalue weighted by molar-refractivity contribution is 0.194. The fraction of sp³-hybridized carbons (Fsp3) is 0.571. The monoisotopic (exact) mass is 340 g/mol. The first-order valence-electron chi connectivity index (χ1n) is 7.32. The lowest BCUT2D eigenvalue weighted by Crippen LogP contribution is -2.46. The molecule has 2 heterocycles. The van der Waals surface area contributed by atoms with Crippen LogP contribution in [0.3, 0.4) is 0 Å². The summed E-state index contributed by atoms with van der Waals surface area (Å²) < 4.78 is 37.3. The van der Waals surface area contributed by atoms with E-state index in [1.54, 1.807) is 4.31 Å². The quantitative estimate of drug-likeness (QED) is 0.925. The van der Waals surface area contributed by atoms with Gasteiger partial charge in [0.1, 0.15) is 11.0 Å². The van der Waals surface area contributed by atoms with Gasteiger partial charge in [-0.25, -0.2) is 0 Å². The molecule has 0 unspecified atom stereocenters. The smallest absolute Gasteiger partial charge is 0.198 e. The third-order valence-electron chi connectivity index (χ3n) is 4.19. The van der Waals surface area contributed by atoms with Gasteiger partial charge in [0.25, 0.3) is 10.2 Å². The van der Waals surface area contributed by atoms with Gasteiger partial charge in [0.2, 0.25) is 0 Å². The van der Waals surface area contributed by atoms with Crippen LogP contribution in [0, 0.1) is 5.41 Å². The molecule has 1 fully saturated rings. The van der Waals surface area contributed by atoms with Crippen LogP contribution in [-0.2, 0) is 16.8 Å². The van der Waals surface area contributed by atoms with Crippen LogP contribution in [0.15, 0.2) is 18.2 Å². The van der Waals surface area contributed by atoms with Crippen LogP contribution < -0.4 is 4.72 Å². The molecule has 0 aliphatic carbocycles. The second-order valence-electron chi connectivity index (χ2n) is 6.48. The van der Waals surface area contributed by atoms with E-state index in [1.165, 1.54) is 0 Å². The second kappa shape index (κ2) is 5.84. The molecule has 1 aromatic heterocycles. The van der Waals surface area contributed by atoms with E-state index in [2.05, 4.69) is 27.3 Å². The average Bonchev–Trinajstić information content (AvgIpc) is 2.92. The Morgan fingerprint density at radius 1 is 1.23 bits per heavy atom. The minimum atomic E-state index is -3.42. The van der Waals surface area contributed by atoms with Crippen molar-refractivity contribution in [2.75, 3.05) is 13.1 Å². The van der Waals surface area contributed by atoms with Crippen molar-refractivity contribution in [2.24, 2.45) is 5.41 Å². The van der Waals surface area contributed by atoms with Gasteiger partial charge in [-0.05, 0) is 36.0 Å². The highest BCUT2D eigenvalue weighted by Gasteiger charge is 2.31. The van der Waals surface area contributed by atoms with E-state index < -0.39 is 10.2 Å². The van der Waals surface area contributed by atoms with Gasteiger partial charge >= 0.3 is 0 Å². The van der Waals surface area contributed by atoms with E-state index in [1.807, 2.05) is 18.2 Å². The minimum absolute atomic E-state index is 0.231. The highest BCUT2D eigenvalue weighted by atomic mass is 32.2. The zero-order valence-electron chi connectivity index (χ0n) is 12.7. The van der Waals surface area contributed by atoms with Gasteiger partial charge in [0, 0.05) is 19.6 Å². The molecule has 0 saturated carbocycles. The molecule has 0 radical (unpaired) electrons. The molecule has 3 rings (SSSR count). The van der Waals surface area contributed by atoms with Gasteiger partial charge in [-0.3, -0.25) is 0 Å². The first-order chi connectivity index (χ1) is 10.4. The first-order valence-corrected chi connectivity index (χ1v) is 9.49. The molecule has 2 aromatic rings. The fourth-order valence-corrected chi connectivity index (χ4v) is 4.25. The largest absolute Gasteiger partial charge is 0.279 e. The maximum absolute atomic E-state index is 12.4. The molecule has 1 aliphatic rings. The van der Waals surface area contributed by atoms with Crippen LogP contribution in [0.2, 0.25) is 0 Å². The Bertz CT molecular complexity index is 760. The summed E-state index contributed by atoms with van der Waals surface area (Å²) in [5.74, 6) is 0. The summed E-state index contributed by atoms with van der Waals surface area (Å²) in [7, 11) is -3.42. The molecule has 0 amide bonds. The lowest BCUT2D eigenvalue weighted by Gasteiger charge is -2.36. The third kappa shape index (κ3) is 3.45. The Balaban J connectivity index is 1.64. The number of nitrogens with one attached hydrogen (secondary N) is 1. The van der Waals surface area contributed by atoms with Gasteiger partial charge in [-0.2, -0.15) is 26.2 Å². The van der Waals surface area contributed by atoms with Gasteiger partial charge in [0.15, 0.2) is 0 Å². The molecular weight excluding hydrogens is 320 g/mol. The van der Waals surface area contributed by atoms with Crippen molar-refractivity contribution in [3.8, 4) is 0 Å². The number of piperidine rings is 1. The van der Waals surface area contributed by atoms with E-state index in [-0.39, 0.29) is 12.0 Å². The topological polar surface area (TPSA) is 75.2 Å². The van der Waals surface area contributed by atoms with Crippen LogP contribution in [0.25, 0.3) is 11.0 Å². The van der Waals surface area contributed by atoms with Crippen molar-refractivity contribution in [1.82, 2.24) is 17.8 Å². The van der Waals surface area contributed by atoms with Crippen LogP contribution in [0.4, 0.5) is 0 Å². The van der Waals surface area contributed by atoms with Crippen molar-refractivity contribution in [2.45, 2.75) is 33.2 Å². The molecule has 0 atom stereocenters. The van der Waals surface area contributed by atoms with Crippen molar-refractivity contribution < 1.29 is 8.42 Å². The molecule has 1 aliphatic heterocycles. The normalized spacial score (nSPS) is 19.5. The lowest BCUT2D eigenvalue weighted by atomic mass is 9.83. The Morgan fingerprint density at radius 2 is 1.91 bits per heavy atom. The first kappa shape index (κ1) is 15.8. The minimum Gasteiger partial charge on any atom is -0.198 e. The zero-order chi connectivity index (χ0) is 15.8. The molecule has 1 N–H and O–H groups in total. The second-order valence-corrected chi connectivity index (χ2v) is 8.76. The predicted molar refractivity (Wildman–Crippen MR) is 87.8 cm³/mol. The van der Waals surface area contributed by atoms with Crippen LogP contribution in [-0.4, -0.2) is 34.6 Å². The van der Waals surface area contributed by atoms with Crippen LogP contribution in [0.5, 0.6) is 0 Å². The van der Waals surface area contributed by atoms with E-state index in [9.17, 15) is 8.42 Å². The van der Waals surface area contributed by atoms with E-state index in [0.717, 1.165) is 41.2 Å². The Morgan fingerprint density at radius 3 is 2.64 bits per heavy atom. The molecule has 8 heteroatoms. The molecule has 0 spiro atoms. The maximum Gasteiger partial charge on any atom is 0.279 e. The summed E-state index contributed by atoms with van der Waals surface area (Å²) in [5.41, 5.74) is 2.77. The fourth-order valence-electron chi connectivity index (χ4n) is 2.54. The number of rotatable bonds is 4. The van der Waals surface area contributed by atoms with E-state index >= 15 is 0 Å². The van der Waals surface area contributed by atoms with Crippen molar-refractivity contribution in [3.05, 3.63) is 23.8 Å². The van der Waals surface area contributed by atoms with E-state index in [4.69, 9.17) is 0 Å². The SMILES string of the molecule is CC1(C)CCN(S(=O)(=O)NCc2ccc3nsnc3c2)CC1. The number of nitrogens with zero attached hydrogens (tertiary/aromatic N) is 3. The van der Waals surface area contributed by atoms with Crippen LogP contribution >= 0.6 is 11.7 Å². The summed E-state index contributed by atoms with van der Waals surface area (Å²) in [5, 5.41) is 0.